The summed E-state index contributed by atoms with van der Waals surface area (Å²) in [7, 11) is 0. The Morgan fingerprint density at radius 3 is 2.64 bits per heavy atom. The zero-order valence-electron chi connectivity index (χ0n) is 9.04. The lowest BCUT2D eigenvalue weighted by Gasteiger charge is -2.17. The summed E-state index contributed by atoms with van der Waals surface area (Å²) < 4.78 is 0. The molecule has 1 nitrogen and oxygen atoms in total. The van der Waals surface area contributed by atoms with E-state index in [9.17, 15) is 0 Å². The van der Waals surface area contributed by atoms with Crippen LogP contribution in [0.5, 0.6) is 0 Å². The zero-order chi connectivity index (χ0) is 9.64. The van der Waals surface area contributed by atoms with Crippen LogP contribution < -0.4 is 0 Å². The van der Waals surface area contributed by atoms with Crippen LogP contribution in [-0.2, 0) is 0 Å². The first-order valence-electron chi connectivity index (χ1n) is 6.17. The molecule has 0 bridgehead atoms. The van der Waals surface area contributed by atoms with Gasteiger partial charge in [-0.2, -0.15) is 0 Å². The van der Waals surface area contributed by atoms with E-state index < -0.39 is 0 Å². The van der Waals surface area contributed by atoms with Crippen LogP contribution >= 0.6 is 0 Å². The van der Waals surface area contributed by atoms with Crippen LogP contribution in [0.25, 0.3) is 0 Å². The van der Waals surface area contributed by atoms with Crippen LogP contribution in [0, 0.1) is 0 Å². The third-order valence-electron chi connectivity index (χ3n) is 3.35. The lowest BCUT2D eigenvalue weighted by Crippen LogP contribution is -2.10. The van der Waals surface area contributed by atoms with Gasteiger partial charge in [0.15, 0.2) is 0 Å². The molecule has 0 aliphatic heterocycles. The minimum absolute atomic E-state index is 0.645. The average molecular weight is 191 g/mol. The second-order valence-electron chi connectivity index (χ2n) is 4.59. The average Bonchev–Trinajstić information content (AvgIpc) is 2.29. The van der Waals surface area contributed by atoms with Crippen molar-refractivity contribution >= 4 is 6.21 Å². The van der Waals surface area contributed by atoms with E-state index in [0.717, 1.165) is 0 Å². The fourth-order valence-electron chi connectivity index (χ4n) is 2.41. The van der Waals surface area contributed by atoms with Crippen LogP contribution in [0.3, 0.4) is 0 Å². The van der Waals surface area contributed by atoms with Crippen molar-refractivity contribution in [2.75, 3.05) is 0 Å². The van der Waals surface area contributed by atoms with Gasteiger partial charge in [-0.25, -0.2) is 0 Å². The van der Waals surface area contributed by atoms with Gasteiger partial charge in [0.25, 0.3) is 0 Å². The van der Waals surface area contributed by atoms with Crippen molar-refractivity contribution < 1.29 is 0 Å². The first kappa shape index (κ1) is 9.95. The molecule has 1 heteroatoms. The molecule has 0 amide bonds. The Hall–Kier alpha value is -0.590. The molecule has 0 aromatic rings. The van der Waals surface area contributed by atoms with Crippen molar-refractivity contribution in [2.24, 2.45) is 4.99 Å². The van der Waals surface area contributed by atoms with Crippen molar-refractivity contribution in [3.63, 3.8) is 0 Å². The zero-order valence-corrected chi connectivity index (χ0v) is 9.04. The highest BCUT2D eigenvalue weighted by molar-refractivity contribution is 5.78. The molecule has 0 atom stereocenters. The van der Waals surface area contributed by atoms with Gasteiger partial charge >= 0.3 is 0 Å². The van der Waals surface area contributed by atoms with E-state index >= 15 is 0 Å². The Morgan fingerprint density at radius 1 is 1.07 bits per heavy atom. The second-order valence-corrected chi connectivity index (χ2v) is 4.59. The molecule has 0 N–H and O–H groups in total. The Kier molecular flexibility index (Phi) is 3.79. The van der Waals surface area contributed by atoms with E-state index in [1.165, 1.54) is 63.4 Å². The van der Waals surface area contributed by atoms with Crippen LogP contribution in [0.1, 0.15) is 57.8 Å². The van der Waals surface area contributed by atoms with Crippen LogP contribution in [0.2, 0.25) is 0 Å². The molecule has 0 radical (unpaired) electrons. The molecule has 2 aliphatic carbocycles. The summed E-state index contributed by atoms with van der Waals surface area (Å²) in [5.74, 6) is 0. The van der Waals surface area contributed by atoms with Crippen molar-refractivity contribution in [3.8, 4) is 0 Å². The Labute approximate surface area is 87.3 Å². The van der Waals surface area contributed by atoms with E-state index in [-0.39, 0.29) is 0 Å². The first-order chi connectivity index (χ1) is 6.95. The highest BCUT2D eigenvalue weighted by Gasteiger charge is 2.11. The maximum absolute atomic E-state index is 4.71. The number of hydrogen-bond donors (Lipinski definition) is 0. The predicted molar refractivity (Wildman–Crippen MR) is 61.9 cm³/mol. The standard InChI is InChI=1S/C13H21N/c1-3-7-12(8-4-1)11-14-13-9-5-2-6-10-13/h7,11,13H,1-6,8-10H2. The van der Waals surface area contributed by atoms with Crippen molar-refractivity contribution in [2.45, 2.75) is 63.8 Å². The number of nitrogens with zero attached hydrogens (tertiary/aromatic N) is 1. The maximum atomic E-state index is 4.71. The topological polar surface area (TPSA) is 12.4 Å². The molecule has 0 heterocycles. The molecule has 14 heavy (non-hydrogen) atoms. The van der Waals surface area contributed by atoms with Crippen LogP contribution in [0.15, 0.2) is 16.6 Å². The fourth-order valence-corrected chi connectivity index (χ4v) is 2.41. The molecule has 0 aromatic heterocycles. The Balaban J connectivity index is 1.82. The van der Waals surface area contributed by atoms with Crippen molar-refractivity contribution in [3.05, 3.63) is 11.6 Å². The summed E-state index contributed by atoms with van der Waals surface area (Å²) >= 11 is 0. The molecule has 0 saturated heterocycles. The first-order valence-corrected chi connectivity index (χ1v) is 6.17. The lowest BCUT2D eigenvalue weighted by molar-refractivity contribution is 0.444. The Bertz CT molecular complexity index is 221. The molecule has 0 aromatic carbocycles. The fraction of sp³-hybridized carbons (Fsp3) is 0.769. The van der Waals surface area contributed by atoms with Gasteiger partial charge in [0.1, 0.15) is 0 Å². The number of allylic oxidation sites excluding steroid dienone is 2. The third kappa shape index (κ3) is 2.97. The van der Waals surface area contributed by atoms with E-state index in [1.807, 2.05) is 0 Å². The number of hydrogen-bond acceptors (Lipinski definition) is 1. The summed E-state index contributed by atoms with van der Waals surface area (Å²) in [5.41, 5.74) is 1.49. The molecule has 78 valence electrons. The molecule has 2 rings (SSSR count). The van der Waals surface area contributed by atoms with E-state index in [1.54, 1.807) is 0 Å². The third-order valence-corrected chi connectivity index (χ3v) is 3.35. The monoisotopic (exact) mass is 191 g/mol. The van der Waals surface area contributed by atoms with Gasteiger partial charge in [-0.15, -0.1) is 0 Å². The van der Waals surface area contributed by atoms with Crippen molar-refractivity contribution in [1.29, 1.82) is 0 Å². The minimum Gasteiger partial charge on any atom is -0.290 e. The van der Waals surface area contributed by atoms with Gasteiger partial charge in [0.05, 0.1) is 0 Å². The second kappa shape index (κ2) is 5.33. The van der Waals surface area contributed by atoms with E-state index in [0.29, 0.717) is 6.04 Å². The summed E-state index contributed by atoms with van der Waals surface area (Å²) in [6.07, 6.45) is 16.7. The molecular weight excluding hydrogens is 170 g/mol. The van der Waals surface area contributed by atoms with E-state index in [4.69, 9.17) is 4.99 Å². The summed E-state index contributed by atoms with van der Waals surface area (Å²) in [6.45, 7) is 0. The van der Waals surface area contributed by atoms with Gasteiger partial charge in [-0.05, 0) is 44.1 Å². The molecule has 1 saturated carbocycles. The van der Waals surface area contributed by atoms with Crippen LogP contribution in [-0.4, -0.2) is 12.3 Å². The lowest BCUT2D eigenvalue weighted by atomic mass is 9.95. The summed E-state index contributed by atoms with van der Waals surface area (Å²) in [4.78, 5) is 4.71. The smallest absolute Gasteiger partial charge is 0.0499 e. The summed E-state index contributed by atoms with van der Waals surface area (Å²) in [6, 6.07) is 0.645. The van der Waals surface area contributed by atoms with Gasteiger partial charge in [0, 0.05) is 12.3 Å². The van der Waals surface area contributed by atoms with Gasteiger partial charge in [-0.1, -0.05) is 25.3 Å². The van der Waals surface area contributed by atoms with Gasteiger partial charge < -0.3 is 0 Å². The van der Waals surface area contributed by atoms with Gasteiger partial charge in [0.2, 0.25) is 0 Å². The Morgan fingerprint density at radius 2 is 1.93 bits per heavy atom. The highest BCUT2D eigenvalue weighted by atomic mass is 14.8. The van der Waals surface area contributed by atoms with Gasteiger partial charge in [-0.3, -0.25) is 4.99 Å². The summed E-state index contributed by atoms with van der Waals surface area (Å²) in [5, 5.41) is 0. The SMILES string of the molecule is C(=NC1CCCCC1)C1=CCCCC1. The molecule has 0 unspecified atom stereocenters. The number of aliphatic imine (C=N–C) groups is 1. The minimum atomic E-state index is 0.645. The molecular formula is C13H21N. The largest absolute Gasteiger partial charge is 0.290 e. The highest BCUT2D eigenvalue weighted by Crippen LogP contribution is 2.21. The van der Waals surface area contributed by atoms with Crippen LogP contribution in [0.4, 0.5) is 0 Å². The predicted octanol–water partition coefficient (Wildman–Crippen LogP) is 3.89. The molecule has 2 aliphatic rings. The maximum Gasteiger partial charge on any atom is 0.0499 e. The van der Waals surface area contributed by atoms with E-state index in [2.05, 4.69) is 12.3 Å². The quantitative estimate of drug-likeness (QED) is 0.587. The molecule has 0 spiro atoms. The normalized spacial score (nSPS) is 25.3. The van der Waals surface area contributed by atoms with Crippen molar-refractivity contribution in [1.82, 2.24) is 0 Å². The molecule has 1 fully saturated rings. The number of rotatable bonds is 2.